The second kappa shape index (κ2) is 1.68. The zero-order valence-corrected chi connectivity index (χ0v) is 5.19. The lowest BCUT2D eigenvalue weighted by Crippen LogP contribution is -2.27. The molecule has 0 aromatic rings. The summed E-state index contributed by atoms with van der Waals surface area (Å²) in [5, 5.41) is 1.30. The highest BCUT2D eigenvalue weighted by atomic mass is 32.2. The molecule has 0 aromatic carbocycles. The number of nitrogens with zero attached hydrogens (tertiary/aromatic N) is 1. The minimum absolute atomic E-state index is 0.0208. The average Bonchev–Trinajstić information content (AvgIpc) is 1.82. The summed E-state index contributed by atoms with van der Waals surface area (Å²) in [4.78, 5) is 0. The van der Waals surface area contributed by atoms with Crippen LogP contribution >= 0.6 is 0 Å². The van der Waals surface area contributed by atoms with Gasteiger partial charge in [-0.1, -0.05) is 0 Å². The molecule has 0 spiro atoms. The van der Waals surface area contributed by atoms with Gasteiger partial charge in [-0.25, -0.2) is 13.4 Å². The van der Waals surface area contributed by atoms with E-state index >= 15 is 0 Å². The molecule has 0 radical (unpaired) electrons. The molecule has 2 N–H and O–H groups in total. The zero-order valence-electron chi connectivity index (χ0n) is 4.37. The normalized spacial score (nSPS) is 28.6. The Labute approximate surface area is 48.2 Å². The summed E-state index contributed by atoms with van der Waals surface area (Å²) < 4.78 is 21.0. The van der Waals surface area contributed by atoms with E-state index in [0.717, 1.165) is 0 Å². The fourth-order valence-electron chi connectivity index (χ4n) is 0.638. The van der Waals surface area contributed by atoms with Gasteiger partial charge < -0.3 is 0 Å². The quantitative estimate of drug-likeness (QED) is 0.414. The van der Waals surface area contributed by atoms with Crippen LogP contribution in [-0.2, 0) is 9.84 Å². The van der Waals surface area contributed by atoms with Crippen LogP contribution in [0.15, 0.2) is 0 Å². The summed E-state index contributed by atoms with van der Waals surface area (Å²) in [5.74, 6) is 5.40. The lowest BCUT2D eigenvalue weighted by molar-refractivity contribution is 0.371. The molecule has 1 heterocycles. The summed E-state index contributed by atoms with van der Waals surface area (Å²) in [6, 6.07) is 0. The van der Waals surface area contributed by atoms with Crippen LogP contribution in [0.2, 0.25) is 0 Å². The van der Waals surface area contributed by atoms with E-state index in [1.807, 2.05) is 0 Å². The van der Waals surface area contributed by atoms with E-state index in [4.69, 9.17) is 5.84 Å². The van der Waals surface area contributed by atoms with Crippen LogP contribution in [0.1, 0.15) is 0 Å². The van der Waals surface area contributed by atoms with E-state index in [1.54, 1.807) is 0 Å². The van der Waals surface area contributed by atoms with Gasteiger partial charge in [-0.15, -0.1) is 0 Å². The van der Waals surface area contributed by atoms with Gasteiger partial charge in [0, 0.05) is 6.54 Å². The maximum absolute atomic E-state index is 10.5. The first-order valence-electron chi connectivity index (χ1n) is 2.30. The number of hydrogen-bond donors (Lipinski definition) is 1. The van der Waals surface area contributed by atoms with E-state index in [9.17, 15) is 8.42 Å². The standard InChI is InChI=1S/C3H8N2O2S/c4-5-1-2-8(6,7)3-5/h1-4H2. The van der Waals surface area contributed by atoms with Crippen LogP contribution in [0, 0.1) is 0 Å². The first-order chi connectivity index (χ1) is 3.60. The van der Waals surface area contributed by atoms with Crippen molar-refractivity contribution < 1.29 is 8.42 Å². The van der Waals surface area contributed by atoms with Crippen LogP contribution in [-0.4, -0.2) is 31.6 Å². The first kappa shape index (κ1) is 6.00. The molecule has 48 valence electrons. The summed E-state index contributed by atoms with van der Waals surface area (Å²) >= 11 is 0. The predicted molar refractivity (Wildman–Crippen MR) is 29.5 cm³/mol. The molecule has 8 heavy (non-hydrogen) atoms. The minimum Gasteiger partial charge on any atom is -0.268 e. The maximum Gasteiger partial charge on any atom is 0.166 e. The fraction of sp³-hybridized carbons (Fsp3) is 1.00. The molecular formula is C3H8N2O2S. The van der Waals surface area contributed by atoms with Crippen molar-refractivity contribution in [3.63, 3.8) is 0 Å². The van der Waals surface area contributed by atoms with E-state index < -0.39 is 9.84 Å². The van der Waals surface area contributed by atoms with Crippen molar-refractivity contribution in [3.05, 3.63) is 0 Å². The van der Waals surface area contributed by atoms with Gasteiger partial charge in [0.15, 0.2) is 9.84 Å². The van der Waals surface area contributed by atoms with Crippen LogP contribution in [0.5, 0.6) is 0 Å². The van der Waals surface area contributed by atoms with E-state index in [2.05, 4.69) is 0 Å². The molecule has 0 unspecified atom stereocenters. The molecule has 0 amide bonds. The highest BCUT2D eigenvalue weighted by Gasteiger charge is 2.22. The molecule has 0 atom stereocenters. The van der Waals surface area contributed by atoms with Crippen molar-refractivity contribution in [1.29, 1.82) is 0 Å². The number of hydrogen-bond acceptors (Lipinski definition) is 4. The molecule has 5 heteroatoms. The topological polar surface area (TPSA) is 63.4 Å². The van der Waals surface area contributed by atoms with E-state index in [-0.39, 0.29) is 11.6 Å². The molecule has 1 rings (SSSR count). The fourth-order valence-corrected chi connectivity index (χ4v) is 1.91. The second-order valence-electron chi connectivity index (χ2n) is 1.89. The molecule has 1 aliphatic rings. The maximum atomic E-state index is 10.5. The third-order valence-corrected chi connectivity index (χ3v) is 2.58. The SMILES string of the molecule is NN1CCS(=O)(=O)C1. The van der Waals surface area contributed by atoms with Crippen molar-refractivity contribution in [2.45, 2.75) is 0 Å². The third kappa shape index (κ3) is 1.18. The molecule has 0 aromatic heterocycles. The molecule has 4 nitrogen and oxygen atoms in total. The molecule has 0 saturated carbocycles. The van der Waals surface area contributed by atoms with Gasteiger partial charge >= 0.3 is 0 Å². The number of sulfone groups is 1. The van der Waals surface area contributed by atoms with Crippen molar-refractivity contribution in [1.82, 2.24) is 5.01 Å². The molecular weight excluding hydrogens is 128 g/mol. The van der Waals surface area contributed by atoms with Gasteiger partial charge in [0.2, 0.25) is 0 Å². The zero-order chi connectivity index (χ0) is 6.20. The molecule has 1 fully saturated rings. The van der Waals surface area contributed by atoms with Gasteiger partial charge in [-0.2, -0.15) is 0 Å². The monoisotopic (exact) mass is 136 g/mol. The molecule has 1 saturated heterocycles. The molecule has 1 aliphatic heterocycles. The van der Waals surface area contributed by atoms with Crippen molar-refractivity contribution in [2.75, 3.05) is 18.2 Å². The highest BCUT2D eigenvalue weighted by Crippen LogP contribution is 2.00. The molecule has 0 bridgehead atoms. The predicted octanol–water partition coefficient (Wildman–Crippen LogP) is -1.45. The van der Waals surface area contributed by atoms with Gasteiger partial charge in [-0.05, 0) is 0 Å². The second-order valence-corrected chi connectivity index (χ2v) is 4.04. The lowest BCUT2D eigenvalue weighted by Gasteiger charge is -1.99. The number of hydrazine groups is 1. The van der Waals surface area contributed by atoms with Crippen LogP contribution in [0.25, 0.3) is 0 Å². The number of nitrogens with two attached hydrogens (primary N) is 1. The number of rotatable bonds is 0. The van der Waals surface area contributed by atoms with Crippen molar-refractivity contribution in [2.24, 2.45) is 5.84 Å². The third-order valence-electron chi connectivity index (χ3n) is 1.05. The summed E-state index contributed by atoms with van der Waals surface area (Å²) in [7, 11) is -2.79. The lowest BCUT2D eigenvalue weighted by atomic mass is 10.7. The summed E-state index contributed by atoms with van der Waals surface area (Å²) in [6.45, 7) is 0.475. The smallest absolute Gasteiger partial charge is 0.166 e. The Kier molecular flexibility index (Phi) is 1.26. The average molecular weight is 136 g/mol. The Bertz CT molecular complexity index is 174. The van der Waals surface area contributed by atoms with Gasteiger partial charge in [0.25, 0.3) is 0 Å². The minimum atomic E-state index is -2.79. The van der Waals surface area contributed by atoms with Crippen molar-refractivity contribution in [3.8, 4) is 0 Å². The largest absolute Gasteiger partial charge is 0.268 e. The summed E-state index contributed by atoms with van der Waals surface area (Å²) in [6.07, 6.45) is 0. The van der Waals surface area contributed by atoms with E-state index in [1.165, 1.54) is 5.01 Å². The Morgan fingerprint density at radius 1 is 1.50 bits per heavy atom. The van der Waals surface area contributed by atoms with Crippen LogP contribution < -0.4 is 5.84 Å². The first-order valence-corrected chi connectivity index (χ1v) is 4.12. The van der Waals surface area contributed by atoms with Gasteiger partial charge in [0.1, 0.15) is 5.88 Å². The van der Waals surface area contributed by atoms with Gasteiger partial charge in [0.05, 0.1) is 5.75 Å². The highest BCUT2D eigenvalue weighted by molar-refractivity contribution is 7.91. The Balaban J connectivity index is 2.71. The Morgan fingerprint density at radius 2 is 2.12 bits per heavy atom. The van der Waals surface area contributed by atoms with Crippen molar-refractivity contribution >= 4 is 9.84 Å². The van der Waals surface area contributed by atoms with Crippen LogP contribution in [0.4, 0.5) is 0 Å². The van der Waals surface area contributed by atoms with Crippen LogP contribution in [0.3, 0.4) is 0 Å². The summed E-state index contributed by atoms with van der Waals surface area (Å²) in [5.41, 5.74) is 0. The molecule has 0 aliphatic carbocycles. The van der Waals surface area contributed by atoms with E-state index in [0.29, 0.717) is 6.54 Å². The Hall–Kier alpha value is -0.130. The Morgan fingerprint density at radius 3 is 2.25 bits per heavy atom. The van der Waals surface area contributed by atoms with Gasteiger partial charge in [-0.3, -0.25) is 5.84 Å².